The number of rotatable bonds is 6. The fourth-order valence-corrected chi connectivity index (χ4v) is 5.79. The average molecular weight is 300 g/mol. The normalized spacial score (nSPS) is 20.2. The minimum Gasteiger partial charge on any atom is -0.326 e. The Labute approximate surface area is 118 Å². The summed E-state index contributed by atoms with van der Waals surface area (Å²) in [5, 5.41) is 1.88. The first kappa shape index (κ1) is 13.5. The van der Waals surface area contributed by atoms with Crippen LogP contribution in [0.25, 0.3) is 0 Å². The summed E-state index contributed by atoms with van der Waals surface area (Å²) in [6.45, 7) is 2.12. The van der Waals surface area contributed by atoms with Gasteiger partial charge < -0.3 is 5.73 Å². The lowest BCUT2D eigenvalue weighted by Crippen LogP contribution is -2.38. The van der Waals surface area contributed by atoms with Crippen molar-refractivity contribution in [3.8, 4) is 0 Å². The van der Waals surface area contributed by atoms with Crippen LogP contribution >= 0.6 is 11.3 Å². The molecule has 0 bridgehead atoms. The molecule has 106 valence electrons. The maximum Gasteiger partial charge on any atom is 0.242 e. The van der Waals surface area contributed by atoms with Crippen molar-refractivity contribution in [2.24, 2.45) is 17.6 Å². The molecule has 0 aliphatic heterocycles. The van der Waals surface area contributed by atoms with E-state index in [9.17, 15) is 8.42 Å². The van der Waals surface area contributed by atoms with Gasteiger partial charge in [-0.25, -0.2) is 13.1 Å². The van der Waals surface area contributed by atoms with Crippen molar-refractivity contribution in [2.75, 3.05) is 0 Å². The second kappa shape index (κ2) is 4.84. The lowest BCUT2D eigenvalue weighted by Gasteiger charge is -2.18. The molecule has 2 fully saturated rings. The summed E-state index contributed by atoms with van der Waals surface area (Å²) in [7, 11) is -3.42. The highest BCUT2D eigenvalue weighted by atomic mass is 32.2. The molecule has 1 aromatic rings. The predicted octanol–water partition coefficient (Wildman–Crippen LogP) is 1.98. The maximum atomic E-state index is 12.6. The fraction of sp³-hybridized carbons (Fsp3) is 0.692. The van der Waals surface area contributed by atoms with E-state index < -0.39 is 10.0 Å². The topological polar surface area (TPSA) is 72.2 Å². The van der Waals surface area contributed by atoms with Crippen LogP contribution in [0.15, 0.2) is 10.3 Å². The van der Waals surface area contributed by atoms with E-state index >= 15 is 0 Å². The molecule has 0 unspecified atom stereocenters. The third kappa shape index (κ3) is 2.72. The number of sulfonamides is 1. The molecule has 3 rings (SSSR count). The summed E-state index contributed by atoms with van der Waals surface area (Å²) in [6, 6.07) is 0.148. The molecule has 19 heavy (non-hydrogen) atoms. The minimum absolute atomic E-state index is 0.148. The van der Waals surface area contributed by atoms with Crippen molar-refractivity contribution in [2.45, 2.75) is 50.1 Å². The number of nitrogens with one attached hydrogen (secondary N) is 1. The first-order valence-electron chi connectivity index (χ1n) is 6.82. The van der Waals surface area contributed by atoms with E-state index in [1.165, 1.54) is 11.3 Å². The van der Waals surface area contributed by atoms with Crippen LogP contribution in [0.2, 0.25) is 0 Å². The number of hydrogen-bond donors (Lipinski definition) is 2. The number of hydrogen-bond acceptors (Lipinski definition) is 4. The molecule has 3 N–H and O–H groups in total. The van der Waals surface area contributed by atoms with Crippen molar-refractivity contribution in [3.63, 3.8) is 0 Å². The Kier molecular flexibility index (Phi) is 3.45. The SMILES string of the molecule is Cc1csc(CN)c1S(=O)(=O)NC(C1CC1)C1CC1. The van der Waals surface area contributed by atoms with Crippen LogP contribution in [0.5, 0.6) is 0 Å². The Morgan fingerprint density at radius 2 is 1.95 bits per heavy atom. The Bertz CT molecular complexity index is 559. The van der Waals surface area contributed by atoms with Gasteiger partial charge in [0.15, 0.2) is 0 Å². The summed E-state index contributed by atoms with van der Waals surface area (Å²) < 4.78 is 28.2. The highest BCUT2D eigenvalue weighted by Gasteiger charge is 2.43. The van der Waals surface area contributed by atoms with Crippen LogP contribution in [0.3, 0.4) is 0 Å². The zero-order valence-corrected chi connectivity index (χ0v) is 12.7. The molecule has 6 heteroatoms. The molecule has 0 saturated heterocycles. The van der Waals surface area contributed by atoms with Gasteiger partial charge in [-0.3, -0.25) is 0 Å². The van der Waals surface area contributed by atoms with Crippen LogP contribution < -0.4 is 10.5 Å². The van der Waals surface area contributed by atoms with Crippen molar-refractivity contribution >= 4 is 21.4 Å². The fourth-order valence-electron chi connectivity index (χ4n) is 2.72. The Morgan fingerprint density at radius 1 is 1.37 bits per heavy atom. The Balaban J connectivity index is 1.87. The van der Waals surface area contributed by atoms with Crippen molar-refractivity contribution in [1.29, 1.82) is 0 Å². The molecule has 0 radical (unpaired) electrons. The van der Waals surface area contributed by atoms with Crippen LogP contribution in [-0.4, -0.2) is 14.5 Å². The molecule has 2 aliphatic carbocycles. The summed E-state index contributed by atoms with van der Waals surface area (Å²) in [4.78, 5) is 1.18. The molecule has 0 atom stereocenters. The van der Waals surface area contributed by atoms with E-state index in [2.05, 4.69) is 4.72 Å². The van der Waals surface area contributed by atoms with Gasteiger partial charge in [0.2, 0.25) is 10.0 Å². The highest BCUT2D eigenvalue weighted by Crippen LogP contribution is 2.45. The van der Waals surface area contributed by atoms with Gasteiger partial charge in [-0.05, 0) is 55.4 Å². The van der Waals surface area contributed by atoms with Gasteiger partial charge in [0.1, 0.15) is 4.90 Å². The standard InChI is InChI=1S/C13H20N2O2S2/c1-8-7-18-11(6-14)13(8)19(16,17)15-12(9-2-3-9)10-4-5-10/h7,9-10,12,15H,2-6,14H2,1H3. The van der Waals surface area contributed by atoms with Crippen LogP contribution in [0.1, 0.15) is 36.1 Å². The molecule has 1 aromatic heterocycles. The lowest BCUT2D eigenvalue weighted by molar-refractivity contribution is 0.471. The van der Waals surface area contributed by atoms with E-state index in [0.29, 0.717) is 16.7 Å². The van der Waals surface area contributed by atoms with E-state index in [-0.39, 0.29) is 12.6 Å². The largest absolute Gasteiger partial charge is 0.326 e. The summed E-state index contributed by atoms with van der Waals surface area (Å²) in [5.74, 6) is 1.12. The van der Waals surface area contributed by atoms with Gasteiger partial charge in [0.25, 0.3) is 0 Å². The quantitative estimate of drug-likeness (QED) is 0.844. The van der Waals surface area contributed by atoms with E-state index in [0.717, 1.165) is 36.1 Å². The second-order valence-corrected chi connectivity index (χ2v) is 8.31. The zero-order chi connectivity index (χ0) is 13.6. The highest BCUT2D eigenvalue weighted by molar-refractivity contribution is 7.89. The van der Waals surface area contributed by atoms with Crippen LogP contribution in [0.4, 0.5) is 0 Å². The minimum atomic E-state index is -3.42. The molecule has 0 spiro atoms. The van der Waals surface area contributed by atoms with Crippen molar-refractivity contribution < 1.29 is 8.42 Å². The maximum absolute atomic E-state index is 12.6. The molecule has 2 saturated carbocycles. The van der Waals surface area contributed by atoms with Crippen molar-refractivity contribution in [3.05, 3.63) is 15.8 Å². The average Bonchev–Trinajstić information content (AvgIpc) is 3.24. The number of aryl methyl sites for hydroxylation is 1. The molecular weight excluding hydrogens is 280 g/mol. The van der Waals surface area contributed by atoms with Crippen LogP contribution in [-0.2, 0) is 16.6 Å². The second-order valence-electron chi connectivity index (χ2n) is 5.70. The molecular formula is C13H20N2O2S2. The van der Waals surface area contributed by atoms with Gasteiger partial charge in [-0.2, -0.15) is 0 Å². The van der Waals surface area contributed by atoms with Gasteiger partial charge in [0, 0.05) is 17.5 Å². The summed E-state index contributed by atoms with van der Waals surface area (Å²) in [6.07, 6.45) is 4.65. The van der Waals surface area contributed by atoms with E-state index in [4.69, 9.17) is 5.73 Å². The third-order valence-corrected chi connectivity index (χ3v) is 6.94. The molecule has 4 nitrogen and oxygen atoms in total. The van der Waals surface area contributed by atoms with E-state index in [1.54, 1.807) is 0 Å². The smallest absolute Gasteiger partial charge is 0.242 e. The van der Waals surface area contributed by atoms with Gasteiger partial charge >= 0.3 is 0 Å². The van der Waals surface area contributed by atoms with Crippen LogP contribution in [0, 0.1) is 18.8 Å². The van der Waals surface area contributed by atoms with Crippen molar-refractivity contribution in [1.82, 2.24) is 4.72 Å². The number of thiophene rings is 1. The third-order valence-electron chi connectivity index (χ3n) is 3.99. The lowest BCUT2D eigenvalue weighted by atomic mass is 10.1. The first-order valence-corrected chi connectivity index (χ1v) is 9.18. The first-order chi connectivity index (χ1) is 9.03. The van der Waals surface area contributed by atoms with E-state index in [1.807, 2.05) is 12.3 Å². The Morgan fingerprint density at radius 3 is 2.42 bits per heavy atom. The monoisotopic (exact) mass is 300 g/mol. The number of nitrogens with two attached hydrogens (primary N) is 1. The molecule has 0 aromatic carbocycles. The molecule has 1 heterocycles. The molecule has 0 amide bonds. The zero-order valence-electron chi connectivity index (χ0n) is 11.1. The van der Waals surface area contributed by atoms with Gasteiger partial charge in [-0.15, -0.1) is 11.3 Å². The summed E-state index contributed by atoms with van der Waals surface area (Å²) >= 11 is 1.43. The van der Waals surface area contributed by atoms with Gasteiger partial charge in [-0.1, -0.05) is 0 Å². The predicted molar refractivity (Wildman–Crippen MR) is 76.5 cm³/mol. The Hall–Kier alpha value is -0.430. The van der Waals surface area contributed by atoms with Gasteiger partial charge in [0.05, 0.1) is 0 Å². The molecule has 2 aliphatic rings. The summed E-state index contributed by atoms with van der Waals surface area (Å²) in [5.41, 5.74) is 6.46.